The molecule has 0 aromatic heterocycles. The minimum absolute atomic E-state index is 0.769. The van der Waals surface area contributed by atoms with Crippen LogP contribution in [0.2, 0.25) is 0 Å². The van der Waals surface area contributed by atoms with Gasteiger partial charge in [0.2, 0.25) is 0 Å². The number of hydrogen-bond acceptors (Lipinski definition) is 2. The van der Waals surface area contributed by atoms with Crippen molar-refractivity contribution in [3.8, 4) is 0 Å². The van der Waals surface area contributed by atoms with E-state index in [2.05, 4.69) is 18.7 Å². The van der Waals surface area contributed by atoms with Crippen molar-refractivity contribution in [1.29, 1.82) is 0 Å². The fourth-order valence-corrected chi connectivity index (χ4v) is 3.93. The van der Waals surface area contributed by atoms with Crippen LogP contribution < -0.4 is 5.73 Å². The van der Waals surface area contributed by atoms with Crippen LogP contribution in [0.3, 0.4) is 0 Å². The number of rotatable bonds is 7. The Hall–Kier alpha value is -0.0800. The first kappa shape index (κ1) is 14.3. The molecule has 2 fully saturated rings. The van der Waals surface area contributed by atoms with Crippen LogP contribution in [0.15, 0.2) is 0 Å². The van der Waals surface area contributed by atoms with Gasteiger partial charge in [0.15, 0.2) is 0 Å². The molecule has 0 amide bonds. The maximum atomic E-state index is 6.04. The van der Waals surface area contributed by atoms with E-state index >= 15 is 0 Å². The normalized spacial score (nSPS) is 33.0. The lowest BCUT2D eigenvalue weighted by atomic mass is 9.76. The van der Waals surface area contributed by atoms with Gasteiger partial charge >= 0.3 is 0 Å². The maximum absolute atomic E-state index is 6.04. The van der Waals surface area contributed by atoms with E-state index < -0.39 is 0 Å². The Bertz CT molecular complexity index is 237. The minimum Gasteiger partial charge on any atom is -0.330 e. The summed E-state index contributed by atoms with van der Waals surface area (Å²) < 4.78 is 0. The zero-order valence-corrected chi connectivity index (χ0v) is 12.4. The summed E-state index contributed by atoms with van der Waals surface area (Å²) >= 11 is 0. The number of nitrogens with two attached hydrogens (primary N) is 1. The first-order valence-electron chi connectivity index (χ1n) is 8.25. The van der Waals surface area contributed by atoms with Gasteiger partial charge in [-0.25, -0.2) is 0 Å². The Morgan fingerprint density at radius 3 is 2.39 bits per heavy atom. The van der Waals surface area contributed by atoms with Crippen LogP contribution in [-0.2, 0) is 0 Å². The van der Waals surface area contributed by atoms with Gasteiger partial charge in [0.25, 0.3) is 0 Å². The highest BCUT2D eigenvalue weighted by Crippen LogP contribution is 2.39. The molecule has 18 heavy (non-hydrogen) atoms. The third kappa shape index (κ3) is 3.48. The number of nitrogens with zero attached hydrogens (tertiary/aromatic N) is 1. The Morgan fingerprint density at radius 1 is 1.06 bits per heavy atom. The van der Waals surface area contributed by atoms with Gasteiger partial charge in [0.1, 0.15) is 0 Å². The molecule has 0 radical (unpaired) electrons. The van der Waals surface area contributed by atoms with E-state index in [1.807, 2.05) is 0 Å². The molecule has 0 aromatic rings. The van der Waals surface area contributed by atoms with Crippen LogP contribution in [-0.4, -0.2) is 30.1 Å². The van der Waals surface area contributed by atoms with E-state index in [4.69, 9.17) is 5.73 Å². The topological polar surface area (TPSA) is 29.3 Å². The molecule has 2 rings (SSSR count). The Kier molecular flexibility index (Phi) is 5.50. The molecule has 2 nitrogen and oxygen atoms in total. The van der Waals surface area contributed by atoms with Crippen molar-refractivity contribution in [2.24, 2.45) is 17.6 Å². The smallest absolute Gasteiger partial charge is 0.0141 e. The second-order valence-electron chi connectivity index (χ2n) is 6.50. The van der Waals surface area contributed by atoms with Gasteiger partial charge < -0.3 is 5.73 Å². The highest BCUT2D eigenvalue weighted by Gasteiger charge is 2.39. The molecular weight excluding hydrogens is 220 g/mol. The minimum atomic E-state index is 0.769. The summed E-state index contributed by atoms with van der Waals surface area (Å²) in [4.78, 5) is 2.83. The van der Waals surface area contributed by atoms with Crippen molar-refractivity contribution in [2.45, 2.75) is 77.3 Å². The highest BCUT2D eigenvalue weighted by atomic mass is 15.2. The molecule has 0 heterocycles. The summed E-state index contributed by atoms with van der Waals surface area (Å²) in [5.41, 5.74) is 6.04. The van der Waals surface area contributed by atoms with E-state index in [-0.39, 0.29) is 0 Å². The van der Waals surface area contributed by atoms with Gasteiger partial charge in [-0.05, 0) is 57.0 Å². The van der Waals surface area contributed by atoms with Gasteiger partial charge in [-0.1, -0.05) is 33.1 Å². The monoisotopic (exact) mass is 252 g/mol. The van der Waals surface area contributed by atoms with Crippen LogP contribution in [0.1, 0.15) is 65.2 Å². The zero-order valence-electron chi connectivity index (χ0n) is 12.4. The quantitative estimate of drug-likeness (QED) is 0.752. The Balaban J connectivity index is 1.98. The molecule has 2 heteroatoms. The summed E-state index contributed by atoms with van der Waals surface area (Å²) in [5, 5.41) is 0. The lowest BCUT2D eigenvalue weighted by Gasteiger charge is -2.43. The number of hydrogen-bond donors (Lipinski definition) is 1. The molecular formula is C16H32N2. The molecule has 2 aliphatic rings. The van der Waals surface area contributed by atoms with Crippen molar-refractivity contribution in [3.63, 3.8) is 0 Å². The van der Waals surface area contributed by atoms with E-state index in [1.165, 1.54) is 57.9 Å². The maximum Gasteiger partial charge on any atom is 0.0141 e. The van der Waals surface area contributed by atoms with Crippen molar-refractivity contribution >= 4 is 0 Å². The van der Waals surface area contributed by atoms with Gasteiger partial charge in [-0.15, -0.1) is 0 Å². The van der Waals surface area contributed by atoms with E-state index in [0.29, 0.717) is 0 Å². The van der Waals surface area contributed by atoms with Crippen LogP contribution in [0.4, 0.5) is 0 Å². The Morgan fingerprint density at radius 2 is 1.83 bits per heavy atom. The van der Waals surface area contributed by atoms with Gasteiger partial charge in [0, 0.05) is 12.1 Å². The third-order valence-corrected chi connectivity index (χ3v) is 4.99. The van der Waals surface area contributed by atoms with Crippen molar-refractivity contribution < 1.29 is 0 Å². The summed E-state index contributed by atoms with van der Waals surface area (Å²) in [6.07, 6.45) is 11.2. The van der Waals surface area contributed by atoms with Gasteiger partial charge in [0.05, 0.1) is 0 Å². The molecule has 0 bridgehead atoms. The van der Waals surface area contributed by atoms with Crippen LogP contribution in [0.25, 0.3) is 0 Å². The molecule has 3 atom stereocenters. The summed E-state index contributed by atoms with van der Waals surface area (Å²) in [7, 11) is 0. The largest absolute Gasteiger partial charge is 0.330 e. The van der Waals surface area contributed by atoms with Crippen molar-refractivity contribution in [2.75, 3.05) is 13.1 Å². The van der Waals surface area contributed by atoms with Crippen molar-refractivity contribution in [1.82, 2.24) is 4.90 Å². The van der Waals surface area contributed by atoms with Gasteiger partial charge in [-0.2, -0.15) is 0 Å². The van der Waals surface area contributed by atoms with Crippen LogP contribution >= 0.6 is 0 Å². The third-order valence-electron chi connectivity index (χ3n) is 4.99. The molecule has 2 N–H and O–H groups in total. The predicted molar refractivity (Wildman–Crippen MR) is 78.6 cm³/mol. The fourth-order valence-electron chi connectivity index (χ4n) is 3.93. The SMILES string of the molecule is CCCC1CCC(CN)C(N(CCC)C2CC2)C1. The molecule has 3 unspecified atom stereocenters. The van der Waals surface area contributed by atoms with Crippen LogP contribution in [0.5, 0.6) is 0 Å². The zero-order chi connectivity index (χ0) is 13.0. The molecule has 0 saturated heterocycles. The highest BCUT2D eigenvalue weighted by molar-refractivity contribution is 4.94. The molecule has 0 aromatic carbocycles. The average molecular weight is 252 g/mol. The first-order chi connectivity index (χ1) is 8.80. The molecule has 0 spiro atoms. The van der Waals surface area contributed by atoms with Crippen molar-refractivity contribution in [3.05, 3.63) is 0 Å². The lowest BCUT2D eigenvalue weighted by molar-refractivity contribution is 0.0723. The summed E-state index contributed by atoms with van der Waals surface area (Å²) in [6.45, 7) is 6.84. The Labute approximate surface area is 113 Å². The lowest BCUT2D eigenvalue weighted by Crippen LogP contribution is -2.48. The summed E-state index contributed by atoms with van der Waals surface area (Å²) in [5.74, 6) is 1.74. The second kappa shape index (κ2) is 6.91. The van der Waals surface area contributed by atoms with Gasteiger partial charge in [-0.3, -0.25) is 4.90 Å². The summed E-state index contributed by atoms with van der Waals surface area (Å²) in [6, 6.07) is 1.71. The van der Waals surface area contributed by atoms with E-state index in [9.17, 15) is 0 Å². The first-order valence-corrected chi connectivity index (χ1v) is 8.25. The van der Waals surface area contributed by atoms with Crippen LogP contribution in [0, 0.1) is 11.8 Å². The molecule has 106 valence electrons. The fraction of sp³-hybridized carbons (Fsp3) is 1.00. The van der Waals surface area contributed by atoms with E-state index in [1.54, 1.807) is 0 Å². The van der Waals surface area contributed by atoms with E-state index in [0.717, 1.165) is 30.5 Å². The molecule has 0 aliphatic heterocycles. The second-order valence-corrected chi connectivity index (χ2v) is 6.50. The predicted octanol–water partition coefficient (Wildman–Crippen LogP) is 3.40. The average Bonchev–Trinajstić information content (AvgIpc) is 3.20. The molecule has 2 saturated carbocycles. The molecule has 2 aliphatic carbocycles. The standard InChI is InChI=1S/C16H32N2/c1-3-5-13-6-7-14(12-17)16(11-13)18(10-4-2)15-8-9-15/h13-16H,3-12,17H2,1-2H3.